The number of rotatable bonds is 7. The number of carbonyl (C=O) groups excluding carboxylic acids is 2. The number of carboxylic acids is 1. The summed E-state index contributed by atoms with van der Waals surface area (Å²) in [5, 5.41) is 13.8. The van der Waals surface area contributed by atoms with Gasteiger partial charge in [0, 0.05) is 13.0 Å². The highest BCUT2D eigenvalue weighted by Gasteiger charge is 2.40. The van der Waals surface area contributed by atoms with E-state index in [4.69, 9.17) is 5.11 Å². The Morgan fingerprint density at radius 1 is 1.15 bits per heavy atom. The third-order valence-corrected chi connectivity index (χ3v) is 4.95. The van der Waals surface area contributed by atoms with Crippen LogP contribution in [-0.2, 0) is 20.8 Å². The van der Waals surface area contributed by atoms with E-state index in [0.29, 0.717) is 13.0 Å². The third-order valence-electron chi connectivity index (χ3n) is 4.95. The highest BCUT2D eigenvalue weighted by atomic mass is 16.4. The van der Waals surface area contributed by atoms with Crippen LogP contribution in [0.5, 0.6) is 0 Å². The van der Waals surface area contributed by atoms with Crippen molar-refractivity contribution in [3.8, 4) is 0 Å². The van der Waals surface area contributed by atoms with E-state index in [1.807, 2.05) is 49.4 Å². The fourth-order valence-corrected chi connectivity index (χ4v) is 3.52. The van der Waals surface area contributed by atoms with Gasteiger partial charge < -0.3 is 15.3 Å². The fraction of sp³-hybridized carbons (Fsp3) is 0.381. The van der Waals surface area contributed by atoms with Gasteiger partial charge in [0.05, 0.1) is 6.42 Å². The van der Waals surface area contributed by atoms with Crippen LogP contribution in [0.3, 0.4) is 0 Å². The molecule has 0 aromatic heterocycles. The monoisotopic (exact) mass is 368 g/mol. The van der Waals surface area contributed by atoms with Crippen LogP contribution in [0.25, 0.3) is 10.8 Å². The summed E-state index contributed by atoms with van der Waals surface area (Å²) in [5.74, 6) is -1.70. The first-order valence-electron chi connectivity index (χ1n) is 9.30. The Balaban J connectivity index is 1.84. The summed E-state index contributed by atoms with van der Waals surface area (Å²) >= 11 is 0. The van der Waals surface area contributed by atoms with Crippen LogP contribution >= 0.6 is 0 Å². The van der Waals surface area contributed by atoms with Gasteiger partial charge in [0.1, 0.15) is 12.1 Å². The van der Waals surface area contributed by atoms with Crippen LogP contribution in [0.2, 0.25) is 0 Å². The minimum Gasteiger partial charge on any atom is -0.481 e. The number of amides is 2. The summed E-state index contributed by atoms with van der Waals surface area (Å²) in [6.07, 6.45) is 1.67. The molecule has 0 bridgehead atoms. The molecule has 1 aliphatic rings. The molecule has 2 amide bonds. The van der Waals surface area contributed by atoms with E-state index in [2.05, 4.69) is 5.32 Å². The molecule has 6 nitrogen and oxygen atoms in total. The maximum Gasteiger partial charge on any atom is 0.305 e. The van der Waals surface area contributed by atoms with E-state index in [1.54, 1.807) is 4.90 Å². The number of hydrogen-bond acceptors (Lipinski definition) is 3. The van der Waals surface area contributed by atoms with Gasteiger partial charge in [-0.25, -0.2) is 0 Å². The fourth-order valence-electron chi connectivity index (χ4n) is 3.52. The number of fused-ring (bicyclic) bond motifs is 1. The molecule has 1 heterocycles. The molecule has 0 aliphatic carbocycles. The normalized spacial score (nSPS) is 20.0. The number of carboxylic acid groups (broad SMARTS) is 1. The number of nitrogens with one attached hydrogen (secondary N) is 1. The van der Waals surface area contributed by atoms with E-state index < -0.39 is 24.5 Å². The smallest absolute Gasteiger partial charge is 0.305 e. The number of hydrogen-bond donors (Lipinski definition) is 2. The lowest BCUT2D eigenvalue weighted by molar-refractivity contribution is -0.152. The minimum absolute atomic E-state index is 0.287. The summed E-state index contributed by atoms with van der Waals surface area (Å²) < 4.78 is 0. The molecule has 1 fully saturated rings. The molecule has 27 heavy (non-hydrogen) atoms. The van der Waals surface area contributed by atoms with Gasteiger partial charge in [-0.1, -0.05) is 55.8 Å². The van der Waals surface area contributed by atoms with Gasteiger partial charge in [0.2, 0.25) is 11.8 Å². The van der Waals surface area contributed by atoms with E-state index in [1.165, 1.54) is 0 Å². The lowest BCUT2D eigenvalue weighted by Gasteiger charge is -2.38. The van der Waals surface area contributed by atoms with Crippen molar-refractivity contribution in [2.75, 3.05) is 6.54 Å². The molecule has 0 spiro atoms. The Bertz CT molecular complexity index is 864. The van der Waals surface area contributed by atoms with Crippen LogP contribution in [0.4, 0.5) is 0 Å². The number of carbonyl (C=O) groups is 3. The molecule has 6 heteroatoms. The van der Waals surface area contributed by atoms with Crippen molar-refractivity contribution < 1.29 is 19.5 Å². The summed E-state index contributed by atoms with van der Waals surface area (Å²) in [4.78, 5) is 38.0. The zero-order valence-corrected chi connectivity index (χ0v) is 15.4. The number of unbranched alkanes of at least 4 members (excludes halogenated alkanes) is 1. The summed E-state index contributed by atoms with van der Waals surface area (Å²) in [6.45, 7) is 2.47. The largest absolute Gasteiger partial charge is 0.481 e. The maximum atomic E-state index is 12.8. The second-order valence-corrected chi connectivity index (χ2v) is 6.95. The van der Waals surface area contributed by atoms with Gasteiger partial charge in [-0.15, -0.1) is 0 Å². The number of nitrogens with zero attached hydrogens (tertiary/aromatic N) is 1. The van der Waals surface area contributed by atoms with Crippen LogP contribution in [0, 0.1) is 0 Å². The lowest BCUT2D eigenvalue weighted by atomic mass is 9.96. The molecule has 3 rings (SSSR count). The van der Waals surface area contributed by atoms with Crippen molar-refractivity contribution >= 4 is 28.6 Å². The van der Waals surface area contributed by atoms with Crippen molar-refractivity contribution in [1.82, 2.24) is 10.2 Å². The average molecular weight is 368 g/mol. The van der Waals surface area contributed by atoms with Crippen LogP contribution in [0.15, 0.2) is 42.5 Å². The first-order chi connectivity index (χ1) is 13.0. The van der Waals surface area contributed by atoms with Gasteiger partial charge in [-0.05, 0) is 22.8 Å². The standard InChI is InChI=1S/C21H24N2O4/c1-2-3-10-23-18(20(26)22-17(21(23)27)13-19(24)25)12-14-8-9-15-6-4-5-7-16(15)11-14/h4-9,11,17-18H,2-3,10,12-13H2,1H3,(H,22,26)(H,24,25). The molecule has 2 N–H and O–H groups in total. The Kier molecular flexibility index (Phi) is 5.74. The van der Waals surface area contributed by atoms with E-state index in [-0.39, 0.29) is 11.8 Å². The molecule has 2 aromatic carbocycles. The first kappa shape index (κ1) is 18.9. The highest BCUT2D eigenvalue weighted by Crippen LogP contribution is 2.21. The maximum absolute atomic E-state index is 12.8. The van der Waals surface area contributed by atoms with Crippen molar-refractivity contribution in [1.29, 1.82) is 0 Å². The second-order valence-electron chi connectivity index (χ2n) is 6.95. The molecule has 2 atom stereocenters. The van der Waals surface area contributed by atoms with Gasteiger partial charge in [-0.2, -0.15) is 0 Å². The third kappa shape index (κ3) is 4.27. The SMILES string of the molecule is CCCCN1C(=O)C(CC(=O)O)NC(=O)C1Cc1ccc2ccccc2c1. The zero-order chi connectivity index (χ0) is 19.4. The van der Waals surface area contributed by atoms with E-state index >= 15 is 0 Å². The molecular weight excluding hydrogens is 344 g/mol. The van der Waals surface area contributed by atoms with Crippen LogP contribution in [0.1, 0.15) is 31.7 Å². The zero-order valence-electron chi connectivity index (χ0n) is 15.4. The molecule has 0 saturated carbocycles. The number of aliphatic carboxylic acids is 1. The second kappa shape index (κ2) is 8.20. The first-order valence-corrected chi connectivity index (χ1v) is 9.30. The molecule has 142 valence electrons. The topological polar surface area (TPSA) is 86.7 Å². The summed E-state index contributed by atoms with van der Waals surface area (Å²) in [7, 11) is 0. The van der Waals surface area contributed by atoms with E-state index in [0.717, 1.165) is 29.2 Å². The summed E-state index contributed by atoms with van der Waals surface area (Å²) in [6, 6.07) is 12.4. The minimum atomic E-state index is -1.10. The Labute approximate surface area is 158 Å². The quantitative estimate of drug-likeness (QED) is 0.785. The number of benzene rings is 2. The predicted molar refractivity (Wildman–Crippen MR) is 102 cm³/mol. The molecule has 2 unspecified atom stereocenters. The van der Waals surface area contributed by atoms with Crippen LogP contribution in [-0.4, -0.2) is 46.4 Å². The Hall–Kier alpha value is -2.89. The lowest BCUT2D eigenvalue weighted by Crippen LogP contribution is -2.64. The van der Waals surface area contributed by atoms with Crippen molar-refractivity contribution in [3.63, 3.8) is 0 Å². The molecule has 1 aliphatic heterocycles. The Morgan fingerprint density at radius 2 is 1.89 bits per heavy atom. The number of piperazine rings is 1. The van der Waals surface area contributed by atoms with Gasteiger partial charge in [0.15, 0.2) is 0 Å². The van der Waals surface area contributed by atoms with E-state index in [9.17, 15) is 14.4 Å². The molecule has 2 aromatic rings. The van der Waals surface area contributed by atoms with Crippen molar-refractivity contribution in [3.05, 3.63) is 48.0 Å². The van der Waals surface area contributed by atoms with Crippen molar-refractivity contribution in [2.45, 2.75) is 44.7 Å². The predicted octanol–water partition coefficient (Wildman–Crippen LogP) is 2.35. The summed E-state index contributed by atoms with van der Waals surface area (Å²) in [5.41, 5.74) is 0.972. The Morgan fingerprint density at radius 3 is 2.59 bits per heavy atom. The van der Waals surface area contributed by atoms with Gasteiger partial charge in [0.25, 0.3) is 0 Å². The van der Waals surface area contributed by atoms with Gasteiger partial charge >= 0.3 is 5.97 Å². The van der Waals surface area contributed by atoms with Crippen molar-refractivity contribution in [2.24, 2.45) is 0 Å². The molecule has 0 radical (unpaired) electrons. The molecular formula is C21H24N2O4. The molecule has 1 saturated heterocycles. The van der Waals surface area contributed by atoms with Gasteiger partial charge in [-0.3, -0.25) is 14.4 Å². The highest BCUT2D eigenvalue weighted by molar-refractivity contribution is 5.98. The average Bonchev–Trinajstić information content (AvgIpc) is 2.65. The van der Waals surface area contributed by atoms with Crippen LogP contribution < -0.4 is 5.32 Å².